The van der Waals surface area contributed by atoms with Gasteiger partial charge in [-0.15, -0.1) is 0 Å². The van der Waals surface area contributed by atoms with Crippen LogP contribution in [0, 0.1) is 6.92 Å². The monoisotopic (exact) mass is 355 g/mol. The summed E-state index contributed by atoms with van der Waals surface area (Å²) in [7, 11) is 1.59. The van der Waals surface area contributed by atoms with E-state index >= 15 is 0 Å². The molecule has 2 aromatic rings. The number of nitrogens with two attached hydrogens (primary N) is 2. The normalized spacial score (nSPS) is 12.9. The van der Waals surface area contributed by atoms with Crippen LogP contribution in [-0.4, -0.2) is 31.0 Å². The summed E-state index contributed by atoms with van der Waals surface area (Å²) in [5.41, 5.74) is 14.4. The lowest BCUT2D eigenvalue weighted by atomic mass is 10.00. The van der Waals surface area contributed by atoms with E-state index in [0.29, 0.717) is 12.8 Å². The van der Waals surface area contributed by atoms with Gasteiger partial charge in [0.25, 0.3) is 0 Å². The molecule has 26 heavy (non-hydrogen) atoms. The Labute approximate surface area is 153 Å². The molecule has 0 fully saturated rings. The average molecular weight is 355 g/mol. The maximum Gasteiger partial charge on any atom is 0.240 e. The van der Waals surface area contributed by atoms with Crippen molar-refractivity contribution in [1.82, 2.24) is 5.32 Å². The summed E-state index contributed by atoms with van der Waals surface area (Å²) in [6.07, 6.45) is 0.689. The molecule has 0 aliphatic rings. The third kappa shape index (κ3) is 5.32. The molecule has 5 N–H and O–H groups in total. The highest BCUT2D eigenvalue weighted by Gasteiger charge is 2.23. The van der Waals surface area contributed by atoms with Crippen LogP contribution in [0.2, 0.25) is 0 Å². The molecule has 0 aromatic heterocycles. The first-order valence-electron chi connectivity index (χ1n) is 8.43. The quantitative estimate of drug-likeness (QED) is 0.659. The highest BCUT2D eigenvalue weighted by molar-refractivity contribution is 5.89. The lowest BCUT2D eigenvalue weighted by Crippen LogP contribution is -2.52. The van der Waals surface area contributed by atoms with Crippen molar-refractivity contribution >= 4 is 11.8 Å². The van der Waals surface area contributed by atoms with Gasteiger partial charge in [-0.1, -0.05) is 36.4 Å². The standard InChI is InChI=1S/C20H25N3O3/c1-13-5-3-4-6-15(13)12-18(19(22)24)23-20(25)17(21)11-14-7-9-16(26-2)10-8-14/h3-10,17-18H,11-12,21H2,1-2H3,(H2,22,24)(H,23,25)/t17-,18-/m0/s1. The van der Waals surface area contributed by atoms with Gasteiger partial charge in [0.1, 0.15) is 11.8 Å². The highest BCUT2D eigenvalue weighted by Crippen LogP contribution is 2.13. The maximum atomic E-state index is 12.4. The molecule has 0 heterocycles. The summed E-state index contributed by atoms with van der Waals surface area (Å²) in [6.45, 7) is 1.95. The van der Waals surface area contributed by atoms with Crippen LogP contribution in [0.4, 0.5) is 0 Å². The van der Waals surface area contributed by atoms with Crippen molar-refractivity contribution in [2.75, 3.05) is 7.11 Å². The van der Waals surface area contributed by atoms with Gasteiger partial charge in [0.05, 0.1) is 13.2 Å². The van der Waals surface area contributed by atoms with Crippen LogP contribution in [0.3, 0.4) is 0 Å². The van der Waals surface area contributed by atoms with Crippen molar-refractivity contribution < 1.29 is 14.3 Å². The molecular formula is C20H25N3O3. The molecule has 138 valence electrons. The molecule has 0 aliphatic heterocycles. The topological polar surface area (TPSA) is 107 Å². The predicted molar refractivity (Wildman–Crippen MR) is 101 cm³/mol. The minimum absolute atomic E-state index is 0.336. The zero-order valence-electron chi connectivity index (χ0n) is 15.1. The second-order valence-electron chi connectivity index (χ2n) is 6.25. The lowest BCUT2D eigenvalue weighted by Gasteiger charge is -2.19. The van der Waals surface area contributed by atoms with E-state index in [1.165, 1.54) is 0 Å². The molecule has 2 rings (SSSR count). The Morgan fingerprint density at radius 3 is 2.31 bits per heavy atom. The first kappa shape index (κ1) is 19.5. The average Bonchev–Trinajstić information content (AvgIpc) is 2.63. The first-order valence-corrected chi connectivity index (χ1v) is 8.43. The molecule has 2 amide bonds. The van der Waals surface area contributed by atoms with Gasteiger partial charge in [0.2, 0.25) is 11.8 Å². The van der Waals surface area contributed by atoms with Crippen LogP contribution >= 0.6 is 0 Å². The fraction of sp³-hybridized carbons (Fsp3) is 0.300. The Bertz CT molecular complexity index is 759. The van der Waals surface area contributed by atoms with Gasteiger partial charge in [-0.2, -0.15) is 0 Å². The Hall–Kier alpha value is -2.86. The van der Waals surface area contributed by atoms with Crippen molar-refractivity contribution in [3.8, 4) is 5.75 Å². The van der Waals surface area contributed by atoms with E-state index in [1.807, 2.05) is 55.5 Å². The van der Waals surface area contributed by atoms with Gasteiger partial charge in [0, 0.05) is 6.42 Å². The van der Waals surface area contributed by atoms with Crippen molar-refractivity contribution in [2.24, 2.45) is 11.5 Å². The zero-order valence-corrected chi connectivity index (χ0v) is 15.1. The van der Waals surface area contributed by atoms with E-state index < -0.39 is 23.9 Å². The van der Waals surface area contributed by atoms with E-state index in [9.17, 15) is 9.59 Å². The molecule has 2 aromatic carbocycles. The number of methoxy groups -OCH3 is 1. The minimum atomic E-state index is -0.800. The Morgan fingerprint density at radius 1 is 1.08 bits per heavy atom. The molecule has 2 atom stereocenters. The number of ether oxygens (including phenoxy) is 1. The number of benzene rings is 2. The third-order valence-corrected chi connectivity index (χ3v) is 4.30. The molecule has 0 saturated heterocycles. The highest BCUT2D eigenvalue weighted by atomic mass is 16.5. The summed E-state index contributed by atoms with van der Waals surface area (Å²) < 4.78 is 5.10. The molecular weight excluding hydrogens is 330 g/mol. The summed E-state index contributed by atoms with van der Waals surface area (Å²) in [5, 5.41) is 2.67. The van der Waals surface area contributed by atoms with E-state index in [-0.39, 0.29) is 0 Å². The minimum Gasteiger partial charge on any atom is -0.497 e. The van der Waals surface area contributed by atoms with Crippen LogP contribution in [-0.2, 0) is 22.4 Å². The van der Waals surface area contributed by atoms with Crippen LogP contribution < -0.4 is 21.5 Å². The molecule has 0 bridgehead atoms. The fourth-order valence-corrected chi connectivity index (χ4v) is 2.67. The molecule has 0 saturated carbocycles. The molecule has 6 heteroatoms. The van der Waals surface area contributed by atoms with Crippen molar-refractivity contribution in [2.45, 2.75) is 31.8 Å². The lowest BCUT2D eigenvalue weighted by molar-refractivity contribution is -0.128. The Morgan fingerprint density at radius 2 is 1.73 bits per heavy atom. The molecule has 6 nitrogen and oxygen atoms in total. The number of aryl methyl sites for hydroxylation is 1. The predicted octanol–water partition coefficient (Wildman–Crippen LogP) is 1.09. The van der Waals surface area contributed by atoms with Crippen molar-refractivity contribution in [3.05, 3.63) is 65.2 Å². The number of rotatable bonds is 8. The van der Waals surface area contributed by atoms with E-state index in [4.69, 9.17) is 16.2 Å². The molecule has 0 aliphatic carbocycles. The molecule has 0 unspecified atom stereocenters. The number of hydrogen-bond acceptors (Lipinski definition) is 4. The number of carbonyl (C=O) groups is 2. The third-order valence-electron chi connectivity index (χ3n) is 4.30. The first-order chi connectivity index (χ1) is 12.4. The van der Waals surface area contributed by atoms with Gasteiger partial charge in [-0.25, -0.2) is 0 Å². The number of carbonyl (C=O) groups excluding carboxylic acids is 2. The number of hydrogen-bond donors (Lipinski definition) is 3. The molecule has 0 spiro atoms. The van der Waals surface area contributed by atoms with Crippen molar-refractivity contribution in [1.29, 1.82) is 0 Å². The fourth-order valence-electron chi connectivity index (χ4n) is 2.67. The number of primary amides is 1. The Kier molecular flexibility index (Phi) is 6.74. The number of nitrogens with one attached hydrogen (secondary N) is 1. The smallest absolute Gasteiger partial charge is 0.240 e. The van der Waals surface area contributed by atoms with Gasteiger partial charge < -0.3 is 21.5 Å². The van der Waals surface area contributed by atoms with Crippen molar-refractivity contribution in [3.63, 3.8) is 0 Å². The summed E-state index contributed by atoms with van der Waals surface area (Å²) in [6, 6.07) is 13.4. The van der Waals surface area contributed by atoms with Crippen LogP contribution in [0.5, 0.6) is 5.75 Å². The van der Waals surface area contributed by atoms with E-state index in [0.717, 1.165) is 22.4 Å². The SMILES string of the molecule is COc1ccc(C[C@H](N)C(=O)N[C@@H](Cc2ccccc2C)C(N)=O)cc1. The van der Waals surface area contributed by atoms with E-state index in [1.54, 1.807) is 7.11 Å². The van der Waals surface area contributed by atoms with Gasteiger partial charge in [-0.3, -0.25) is 9.59 Å². The second-order valence-corrected chi connectivity index (χ2v) is 6.25. The summed E-state index contributed by atoms with van der Waals surface area (Å²) in [4.78, 5) is 24.1. The zero-order chi connectivity index (χ0) is 19.1. The van der Waals surface area contributed by atoms with Gasteiger partial charge in [-0.05, 0) is 42.2 Å². The van der Waals surface area contributed by atoms with Crippen LogP contribution in [0.1, 0.15) is 16.7 Å². The maximum absolute atomic E-state index is 12.4. The molecule has 0 radical (unpaired) electrons. The second kappa shape index (κ2) is 9.01. The van der Waals surface area contributed by atoms with Gasteiger partial charge >= 0.3 is 0 Å². The van der Waals surface area contributed by atoms with Gasteiger partial charge in [0.15, 0.2) is 0 Å². The summed E-state index contributed by atoms with van der Waals surface area (Å²) in [5.74, 6) is -0.254. The summed E-state index contributed by atoms with van der Waals surface area (Å²) >= 11 is 0. The van der Waals surface area contributed by atoms with E-state index in [2.05, 4.69) is 5.32 Å². The number of amides is 2. The Balaban J connectivity index is 1.99. The van der Waals surface area contributed by atoms with Crippen LogP contribution in [0.15, 0.2) is 48.5 Å². The largest absolute Gasteiger partial charge is 0.497 e. The van der Waals surface area contributed by atoms with Crippen LogP contribution in [0.25, 0.3) is 0 Å².